The average Bonchev–Trinajstić information content (AvgIpc) is 3.52. The van der Waals surface area contributed by atoms with Crippen LogP contribution in [0.2, 0.25) is 5.02 Å². The molecule has 0 aliphatic heterocycles. The second kappa shape index (κ2) is 15.1. The minimum absolute atomic E-state index is 0.00806. The first-order valence-electron chi connectivity index (χ1n) is 15.6. The van der Waals surface area contributed by atoms with Crippen LogP contribution in [0, 0.1) is 12.8 Å². The zero-order valence-electron chi connectivity index (χ0n) is 27.1. The summed E-state index contributed by atoms with van der Waals surface area (Å²) in [6.45, 7) is 6.52. The van der Waals surface area contributed by atoms with Gasteiger partial charge in [0.15, 0.2) is 15.6 Å². The highest BCUT2D eigenvalue weighted by Crippen LogP contribution is 2.41. The monoisotopic (exact) mass is 720 g/mol. The third-order valence-corrected chi connectivity index (χ3v) is 10.0. The molecule has 1 aliphatic rings. The molecule has 0 bridgehead atoms. The Labute approximate surface area is 282 Å². The van der Waals surface area contributed by atoms with Crippen molar-refractivity contribution in [3.8, 4) is 5.75 Å². The van der Waals surface area contributed by atoms with Gasteiger partial charge in [-0.3, -0.25) is 0 Å². The molecule has 0 radical (unpaired) electrons. The zero-order chi connectivity index (χ0) is 35.4. The molecule has 1 unspecified atom stereocenters. The van der Waals surface area contributed by atoms with Gasteiger partial charge in [-0.25, -0.2) is 18.4 Å². The Morgan fingerprint density at radius 3 is 2.10 bits per heavy atom. The molecule has 1 saturated carbocycles. The Morgan fingerprint density at radius 1 is 1.00 bits per heavy atom. The van der Waals surface area contributed by atoms with Crippen LogP contribution in [-0.2, 0) is 28.7 Å². The number of hydrogen-bond acceptors (Lipinski definition) is 7. The summed E-state index contributed by atoms with van der Waals surface area (Å²) >= 11 is 6.93. The number of alkyl halides is 6. The Morgan fingerprint density at radius 2 is 1.58 bits per heavy atom. The summed E-state index contributed by atoms with van der Waals surface area (Å²) in [7, 11) is -3.30. The van der Waals surface area contributed by atoms with Crippen molar-refractivity contribution in [2.24, 2.45) is 5.92 Å². The van der Waals surface area contributed by atoms with Crippen LogP contribution in [0.4, 0.5) is 38.0 Å². The molecule has 0 saturated heterocycles. The van der Waals surface area contributed by atoms with Gasteiger partial charge in [0, 0.05) is 30.6 Å². The molecule has 7 nitrogen and oxygen atoms in total. The van der Waals surface area contributed by atoms with Crippen molar-refractivity contribution in [3.63, 3.8) is 0 Å². The van der Waals surface area contributed by atoms with Gasteiger partial charge in [-0.15, -0.1) is 0 Å². The maximum absolute atomic E-state index is 13.9. The van der Waals surface area contributed by atoms with Gasteiger partial charge in [-0.2, -0.15) is 26.3 Å². The van der Waals surface area contributed by atoms with Gasteiger partial charge in [0.2, 0.25) is 5.95 Å². The van der Waals surface area contributed by atoms with E-state index >= 15 is 0 Å². The lowest BCUT2D eigenvalue weighted by molar-refractivity contribution is -0.143. The fourth-order valence-electron chi connectivity index (χ4n) is 5.87. The molecule has 0 spiro atoms. The molecule has 3 aromatic rings. The summed E-state index contributed by atoms with van der Waals surface area (Å²) < 4.78 is 112. The van der Waals surface area contributed by atoms with E-state index in [9.17, 15) is 34.8 Å². The molecular formula is C33H39ClF6N4O3S. The van der Waals surface area contributed by atoms with Crippen molar-refractivity contribution in [1.82, 2.24) is 9.97 Å². The summed E-state index contributed by atoms with van der Waals surface area (Å²) in [5.74, 6) is 0.360. The number of nitrogens with zero attached hydrogens (tertiary/aromatic N) is 4. The summed E-state index contributed by atoms with van der Waals surface area (Å²) in [6, 6.07) is 4.22. The summed E-state index contributed by atoms with van der Waals surface area (Å²) in [6.07, 6.45) is -1.96. The van der Waals surface area contributed by atoms with E-state index < -0.39 is 39.4 Å². The highest BCUT2D eigenvalue weighted by atomic mass is 35.5. The van der Waals surface area contributed by atoms with Crippen molar-refractivity contribution in [3.05, 3.63) is 75.6 Å². The minimum Gasteiger partial charge on any atom is -0.489 e. The van der Waals surface area contributed by atoms with Crippen molar-refractivity contribution < 1.29 is 39.5 Å². The van der Waals surface area contributed by atoms with E-state index in [4.69, 9.17) is 16.3 Å². The average molecular weight is 721 g/mol. The van der Waals surface area contributed by atoms with E-state index in [2.05, 4.69) is 14.9 Å². The molecule has 1 heterocycles. The standard InChI is InChI=1S/C33H39ClF6N4O3S/c1-5-43(19-23-8-6-7-9-23)29-11-10-21(2)30(34)28(29)20-44(31-41-17-27(18-42-31)47-12-13-48(4,45)46)22(3)24-14-25(32(35,36)37)16-26(15-24)33(38,39)40/h10-11,14-18,22-23H,5-9,12-13,19-20H2,1-4H3. The molecule has 264 valence electrons. The molecule has 1 atom stereocenters. The van der Waals surface area contributed by atoms with Crippen LogP contribution in [-0.4, -0.2) is 50.1 Å². The molecule has 1 fully saturated rings. The minimum atomic E-state index is -5.03. The highest BCUT2D eigenvalue weighted by molar-refractivity contribution is 7.90. The van der Waals surface area contributed by atoms with Gasteiger partial charge in [0.25, 0.3) is 0 Å². The first kappa shape index (κ1) is 37.6. The van der Waals surface area contributed by atoms with E-state index in [1.807, 2.05) is 26.0 Å². The van der Waals surface area contributed by atoms with E-state index in [0.717, 1.165) is 49.7 Å². The molecule has 15 heteroatoms. The van der Waals surface area contributed by atoms with Gasteiger partial charge in [-0.05, 0) is 74.9 Å². The number of anilines is 2. The summed E-state index contributed by atoms with van der Waals surface area (Å²) in [4.78, 5) is 12.4. The SMILES string of the molecule is CCN(CC1CCCC1)c1ccc(C)c(Cl)c1CN(c1ncc(OCCS(C)(=O)=O)cn1)C(C)c1cc(C(F)(F)F)cc(C(F)(F)F)c1. The first-order valence-corrected chi connectivity index (χ1v) is 18.0. The Kier molecular flexibility index (Phi) is 11.8. The Hall–Kier alpha value is -3.26. The third-order valence-electron chi connectivity index (χ3n) is 8.57. The van der Waals surface area contributed by atoms with Crippen LogP contribution in [0.25, 0.3) is 0 Å². The van der Waals surface area contributed by atoms with E-state index in [1.54, 1.807) is 0 Å². The van der Waals surface area contributed by atoms with Gasteiger partial charge in [0.05, 0.1) is 46.9 Å². The lowest BCUT2D eigenvalue weighted by atomic mass is 9.98. The van der Waals surface area contributed by atoms with Crippen molar-refractivity contribution >= 4 is 33.1 Å². The molecule has 1 aromatic heterocycles. The van der Waals surface area contributed by atoms with Crippen molar-refractivity contribution in [2.45, 2.75) is 71.4 Å². The van der Waals surface area contributed by atoms with Crippen LogP contribution in [0.1, 0.15) is 73.4 Å². The van der Waals surface area contributed by atoms with E-state index in [-0.39, 0.29) is 42.2 Å². The van der Waals surface area contributed by atoms with Gasteiger partial charge in [-0.1, -0.05) is 30.5 Å². The molecule has 2 aromatic carbocycles. The number of aromatic nitrogens is 2. The fourth-order valence-corrected chi connectivity index (χ4v) is 6.48. The second-order valence-electron chi connectivity index (χ2n) is 12.2. The number of hydrogen-bond donors (Lipinski definition) is 0. The second-order valence-corrected chi connectivity index (χ2v) is 14.9. The normalized spacial score (nSPS) is 15.1. The van der Waals surface area contributed by atoms with Crippen LogP contribution < -0.4 is 14.5 Å². The quantitative estimate of drug-likeness (QED) is 0.164. The lowest BCUT2D eigenvalue weighted by Gasteiger charge is -2.34. The third kappa shape index (κ3) is 9.67. The highest BCUT2D eigenvalue weighted by Gasteiger charge is 2.38. The largest absolute Gasteiger partial charge is 0.489 e. The van der Waals surface area contributed by atoms with Gasteiger partial charge >= 0.3 is 12.4 Å². The van der Waals surface area contributed by atoms with Gasteiger partial charge < -0.3 is 14.5 Å². The molecule has 0 amide bonds. The topological polar surface area (TPSA) is 75.6 Å². The maximum atomic E-state index is 13.9. The van der Waals surface area contributed by atoms with Crippen LogP contribution in [0.15, 0.2) is 42.7 Å². The first-order chi connectivity index (χ1) is 22.4. The van der Waals surface area contributed by atoms with E-state index in [0.29, 0.717) is 35.2 Å². The number of ether oxygens (including phenoxy) is 1. The van der Waals surface area contributed by atoms with Crippen LogP contribution in [0.5, 0.6) is 5.75 Å². The molecule has 1 aliphatic carbocycles. The number of benzene rings is 2. The maximum Gasteiger partial charge on any atom is 0.416 e. The Bertz CT molecular complexity index is 1630. The predicted molar refractivity (Wildman–Crippen MR) is 174 cm³/mol. The molecular weight excluding hydrogens is 682 g/mol. The smallest absolute Gasteiger partial charge is 0.416 e. The molecule has 48 heavy (non-hydrogen) atoms. The fraction of sp³-hybridized carbons (Fsp3) is 0.515. The predicted octanol–water partition coefficient (Wildman–Crippen LogP) is 8.68. The molecule has 4 rings (SSSR count). The van der Waals surface area contributed by atoms with Crippen molar-refractivity contribution in [1.29, 1.82) is 0 Å². The lowest BCUT2D eigenvalue weighted by Crippen LogP contribution is -2.32. The van der Waals surface area contributed by atoms with Crippen LogP contribution >= 0.6 is 11.6 Å². The zero-order valence-corrected chi connectivity index (χ0v) is 28.7. The number of halogens is 7. The number of sulfone groups is 1. The summed E-state index contributed by atoms with van der Waals surface area (Å²) in [5.41, 5.74) is -0.941. The number of rotatable bonds is 13. The van der Waals surface area contributed by atoms with E-state index in [1.165, 1.54) is 24.2 Å². The Balaban J connectivity index is 1.81. The van der Waals surface area contributed by atoms with Crippen LogP contribution in [0.3, 0.4) is 0 Å². The number of aryl methyl sites for hydroxylation is 1. The van der Waals surface area contributed by atoms with Crippen molar-refractivity contribution in [2.75, 3.05) is 41.5 Å². The molecule has 0 N–H and O–H groups in total. The summed E-state index contributed by atoms with van der Waals surface area (Å²) in [5, 5.41) is 0.412. The van der Waals surface area contributed by atoms with Gasteiger partial charge in [0.1, 0.15) is 6.61 Å².